The van der Waals surface area contributed by atoms with Gasteiger partial charge in [0.2, 0.25) is 0 Å². The number of aliphatic hydroxyl groups excluding tert-OH is 1. The van der Waals surface area contributed by atoms with Crippen molar-refractivity contribution in [3.63, 3.8) is 0 Å². The van der Waals surface area contributed by atoms with E-state index in [1.807, 2.05) is 27.0 Å². The average Bonchev–Trinajstić information content (AvgIpc) is 2.92. The van der Waals surface area contributed by atoms with Crippen molar-refractivity contribution in [3.8, 4) is 5.75 Å². The molecule has 0 heterocycles. The van der Waals surface area contributed by atoms with E-state index in [1.165, 1.54) is 11.1 Å². The summed E-state index contributed by atoms with van der Waals surface area (Å²) in [4.78, 5) is 0. The molecule has 1 spiro atoms. The summed E-state index contributed by atoms with van der Waals surface area (Å²) >= 11 is 0. The maximum atomic E-state index is 12.5. The Hall–Kier alpha value is -1.20. The number of aliphatic hydroxyl groups is 1. The van der Waals surface area contributed by atoms with Crippen LogP contribution in [-0.4, -0.2) is 33.0 Å². The van der Waals surface area contributed by atoms with Crippen molar-refractivity contribution >= 4 is 17.2 Å². The Bertz CT molecular complexity index is 743. The highest BCUT2D eigenvalue weighted by Gasteiger charge is 2.47. The van der Waals surface area contributed by atoms with Gasteiger partial charge in [0.15, 0.2) is 0 Å². The van der Waals surface area contributed by atoms with Crippen LogP contribution in [-0.2, 0) is 17.4 Å². The standard InChI is InChI=1S/C23H35NO3S/c1-16(2)15-27-19-7-6-17-13-23(10-8-18(25)9-11-23)21(20(17)12-19)14-24-28(26)22(3,4)5/h6-7,12,14,16,18,21,25H,8-11,13,15H2,1-5H3. The summed E-state index contributed by atoms with van der Waals surface area (Å²) in [6.45, 7) is 10.8. The summed E-state index contributed by atoms with van der Waals surface area (Å²) in [6.07, 6.45) is 6.36. The SMILES string of the molecule is CC(C)COc1ccc2c(c1)C(C=NS(=O)C(C)(C)C)C1(CCC(O)CC1)C2. The third kappa shape index (κ3) is 4.68. The van der Waals surface area contributed by atoms with Crippen molar-refractivity contribution in [3.05, 3.63) is 29.3 Å². The van der Waals surface area contributed by atoms with Gasteiger partial charge in [-0.15, -0.1) is 0 Å². The van der Waals surface area contributed by atoms with Gasteiger partial charge < -0.3 is 9.84 Å². The fourth-order valence-electron chi connectivity index (χ4n) is 4.37. The number of hydrogen-bond acceptors (Lipinski definition) is 3. The number of hydrogen-bond donors (Lipinski definition) is 1. The van der Waals surface area contributed by atoms with Crippen LogP contribution < -0.4 is 4.74 Å². The van der Waals surface area contributed by atoms with E-state index in [2.05, 4.69) is 36.4 Å². The predicted molar refractivity (Wildman–Crippen MR) is 117 cm³/mol. The lowest BCUT2D eigenvalue weighted by Gasteiger charge is -2.39. The quantitative estimate of drug-likeness (QED) is 0.715. The van der Waals surface area contributed by atoms with Crippen LogP contribution in [0.3, 0.4) is 0 Å². The highest BCUT2D eigenvalue weighted by Crippen LogP contribution is 2.55. The van der Waals surface area contributed by atoms with Gasteiger partial charge in [0.1, 0.15) is 16.7 Å². The van der Waals surface area contributed by atoms with Crippen molar-refractivity contribution in [1.82, 2.24) is 0 Å². The molecule has 1 N–H and O–H groups in total. The van der Waals surface area contributed by atoms with Crippen LogP contribution in [0, 0.1) is 11.3 Å². The van der Waals surface area contributed by atoms with Gasteiger partial charge >= 0.3 is 0 Å². The summed E-state index contributed by atoms with van der Waals surface area (Å²) in [7, 11) is -1.26. The first kappa shape index (κ1) is 21.5. The second-order valence-corrected chi connectivity index (χ2v) is 11.9. The number of nitrogens with zero attached hydrogens (tertiary/aromatic N) is 1. The third-order valence-electron chi connectivity index (χ3n) is 6.02. The van der Waals surface area contributed by atoms with E-state index in [-0.39, 0.29) is 22.2 Å². The molecule has 5 heteroatoms. The molecule has 2 aliphatic rings. The molecule has 156 valence electrons. The van der Waals surface area contributed by atoms with Crippen molar-refractivity contribution in [2.24, 2.45) is 15.7 Å². The Kier molecular flexibility index (Phi) is 6.35. The molecule has 28 heavy (non-hydrogen) atoms. The minimum absolute atomic E-state index is 0.0732. The second-order valence-electron chi connectivity index (χ2n) is 9.93. The topological polar surface area (TPSA) is 58.9 Å². The minimum atomic E-state index is -1.26. The largest absolute Gasteiger partial charge is 0.493 e. The van der Waals surface area contributed by atoms with E-state index in [0.717, 1.165) is 37.9 Å². The zero-order chi connectivity index (χ0) is 20.5. The van der Waals surface area contributed by atoms with Crippen LogP contribution >= 0.6 is 0 Å². The Morgan fingerprint density at radius 3 is 2.61 bits per heavy atom. The van der Waals surface area contributed by atoms with E-state index in [4.69, 9.17) is 4.74 Å². The molecular weight excluding hydrogens is 370 g/mol. The van der Waals surface area contributed by atoms with Gasteiger partial charge in [0.05, 0.1) is 17.5 Å². The maximum Gasteiger partial charge on any atom is 0.144 e. The van der Waals surface area contributed by atoms with Gasteiger partial charge in [-0.1, -0.05) is 19.9 Å². The summed E-state index contributed by atoms with van der Waals surface area (Å²) in [5.41, 5.74) is 2.67. The lowest BCUT2D eigenvalue weighted by Crippen LogP contribution is -2.34. The molecular formula is C23H35NO3S. The van der Waals surface area contributed by atoms with Crippen LogP contribution in [0.15, 0.2) is 22.6 Å². The van der Waals surface area contributed by atoms with Crippen LogP contribution in [0.1, 0.15) is 77.3 Å². The molecule has 0 aromatic heterocycles. The highest BCUT2D eigenvalue weighted by molar-refractivity contribution is 7.85. The predicted octanol–water partition coefficient (Wildman–Crippen LogP) is 4.82. The fourth-order valence-corrected chi connectivity index (χ4v) is 4.92. The Morgan fingerprint density at radius 1 is 1.32 bits per heavy atom. The van der Waals surface area contributed by atoms with Gasteiger partial charge in [0, 0.05) is 12.1 Å². The molecule has 2 atom stereocenters. The first-order chi connectivity index (χ1) is 13.1. The molecule has 1 saturated carbocycles. The Labute approximate surface area is 172 Å². The molecule has 2 aliphatic carbocycles. The molecule has 0 radical (unpaired) electrons. The van der Waals surface area contributed by atoms with Crippen molar-refractivity contribution in [2.45, 2.75) is 83.5 Å². The Morgan fingerprint density at radius 2 is 2.00 bits per heavy atom. The Balaban J connectivity index is 1.92. The monoisotopic (exact) mass is 405 g/mol. The average molecular weight is 406 g/mol. The van der Waals surface area contributed by atoms with Gasteiger partial charge in [-0.05, 0) is 87.5 Å². The van der Waals surface area contributed by atoms with E-state index in [0.29, 0.717) is 12.5 Å². The van der Waals surface area contributed by atoms with Gasteiger partial charge in [0.25, 0.3) is 0 Å². The van der Waals surface area contributed by atoms with E-state index < -0.39 is 11.0 Å². The summed E-state index contributed by atoms with van der Waals surface area (Å²) in [5, 5.41) is 10.0. The van der Waals surface area contributed by atoms with Crippen molar-refractivity contribution in [1.29, 1.82) is 0 Å². The molecule has 0 saturated heterocycles. The van der Waals surface area contributed by atoms with Crippen molar-refractivity contribution < 1.29 is 14.1 Å². The molecule has 3 rings (SSSR count). The summed E-state index contributed by atoms with van der Waals surface area (Å²) < 4.78 is 22.6. The zero-order valence-electron chi connectivity index (χ0n) is 17.9. The number of ether oxygens (including phenoxy) is 1. The third-order valence-corrected chi connectivity index (χ3v) is 7.38. The second kappa shape index (κ2) is 8.27. The van der Waals surface area contributed by atoms with Gasteiger partial charge in [-0.25, -0.2) is 4.21 Å². The van der Waals surface area contributed by atoms with Crippen LogP contribution in [0.4, 0.5) is 0 Å². The molecule has 0 bridgehead atoms. The lowest BCUT2D eigenvalue weighted by atomic mass is 9.66. The molecule has 2 unspecified atom stereocenters. The zero-order valence-corrected chi connectivity index (χ0v) is 18.7. The van der Waals surface area contributed by atoms with E-state index in [9.17, 15) is 9.32 Å². The first-order valence-corrected chi connectivity index (χ1v) is 11.6. The maximum absolute atomic E-state index is 12.5. The van der Waals surface area contributed by atoms with Crippen LogP contribution in [0.2, 0.25) is 0 Å². The van der Waals surface area contributed by atoms with Crippen LogP contribution in [0.25, 0.3) is 0 Å². The normalized spacial score (nSPS) is 28.8. The molecule has 4 nitrogen and oxygen atoms in total. The lowest BCUT2D eigenvalue weighted by molar-refractivity contribution is 0.0637. The van der Waals surface area contributed by atoms with Crippen molar-refractivity contribution in [2.75, 3.05) is 6.61 Å². The van der Waals surface area contributed by atoms with E-state index >= 15 is 0 Å². The highest BCUT2D eigenvalue weighted by atomic mass is 32.2. The molecule has 0 amide bonds. The molecule has 1 aromatic rings. The number of fused-ring (bicyclic) bond motifs is 1. The minimum Gasteiger partial charge on any atom is -0.493 e. The van der Waals surface area contributed by atoms with Crippen LogP contribution in [0.5, 0.6) is 5.75 Å². The fraction of sp³-hybridized carbons (Fsp3) is 0.696. The molecule has 1 aromatic carbocycles. The molecule has 0 aliphatic heterocycles. The number of rotatable bonds is 5. The van der Waals surface area contributed by atoms with Gasteiger partial charge in [-0.3, -0.25) is 0 Å². The van der Waals surface area contributed by atoms with E-state index in [1.54, 1.807) is 0 Å². The smallest absolute Gasteiger partial charge is 0.144 e. The summed E-state index contributed by atoms with van der Waals surface area (Å²) in [5.74, 6) is 1.51. The molecule has 1 fully saturated rings. The van der Waals surface area contributed by atoms with Gasteiger partial charge in [-0.2, -0.15) is 4.40 Å². The summed E-state index contributed by atoms with van der Waals surface area (Å²) in [6, 6.07) is 6.42. The number of benzene rings is 1. The first-order valence-electron chi connectivity index (χ1n) is 10.5.